The fourth-order valence-corrected chi connectivity index (χ4v) is 4.75. The van der Waals surface area contributed by atoms with E-state index in [0.29, 0.717) is 34.9 Å². The van der Waals surface area contributed by atoms with E-state index >= 15 is 0 Å². The van der Waals surface area contributed by atoms with Crippen LogP contribution in [-0.4, -0.2) is 38.9 Å². The maximum Gasteiger partial charge on any atom is 0.241 e. The van der Waals surface area contributed by atoms with Crippen molar-refractivity contribution in [3.63, 3.8) is 0 Å². The van der Waals surface area contributed by atoms with Crippen molar-refractivity contribution in [2.24, 2.45) is 0 Å². The third-order valence-corrected chi connectivity index (χ3v) is 6.20. The predicted octanol–water partition coefficient (Wildman–Crippen LogP) is 2.50. The van der Waals surface area contributed by atoms with Crippen molar-refractivity contribution in [3.05, 3.63) is 27.1 Å². The average Bonchev–Trinajstić information content (AvgIpc) is 2.83. The average molecular weight is 440 g/mol. The van der Waals surface area contributed by atoms with Gasteiger partial charge < -0.3 is 4.90 Å². The highest BCUT2D eigenvalue weighted by molar-refractivity contribution is 9.11. The Morgan fingerprint density at radius 2 is 2.05 bits per heavy atom. The number of likely N-dealkylation sites (tertiary alicyclic amines) is 1. The number of amides is 1. The van der Waals surface area contributed by atoms with E-state index in [0.717, 1.165) is 13.0 Å². The lowest BCUT2D eigenvalue weighted by atomic mass is 10.4. The van der Waals surface area contributed by atoms with Gasteiger partial charge in [-0.05, 0) is 47.0 Å². The standard InChI is InChI=1S/C13H16Br2N2O3S/c14-10-4-5-11(15)12(9-10)21(19,20)16-6-2-8-17-7-1-3-13(17)18/h4-5,9,16H,1-3,6-8H2. The van der Waals surface area contributed by atoms with Crippen LogP contribution < -0.4 is 4.72 Å². The summed E-state index contributed by atoms with van der Waals surface area (Å²) in [6.45, 7) is 1.69. The smallest absolute Gasteiger partial charge is 0.241 e. The molecular weight excluding hydrogens is 424 g/mol. The Balaban J connectivity index is 1.89. The van der Waals surface area contributed by atoms with E-state index in [2.05, 4.69) is 36.6 Å². The fraction of sp³-hybridized carbons (Fsp3) is 0.462. The second-order valence-corrected chi connectivity index (χ2v) is 8.32. The predicted molar refractivity (Wildman–Crippen MR) is 87.5 cm³/mol. The van der Waals surface area contributed by atoms with Crippen LogP contribution in [0.5, 0.6) is 0 Å². The number of hydrogen-bond donors (Lipinski definition) is 1. The van der Waals surface area contributed by atoms with Crippen molar-refractivity contribution in [2.75, 3.05) is 19.6 Å². The van der Waals surface area contributed by atoms with Gasteiger partial charge in [-0.1, -0.05) is 15.9 Å². The lowest BCUT2D eigenvalue weighted by molar-refractivity contribution is -0.127. The second-order valence-electron chi connectivity index (χ2n) is 4.81. The Hall–Kier alpha value is -0.440. The molecule has 0 radical (unpaired) electrons. The van der Waals surface area contributed by atoms with E-state index in [1.54, 1.807) is 23.1 Å². The number of nitrogens with zero attached hydrogens (tertiary/aromatic N) is 1. The quantitative estimate of drug-likeness (QED) is 0.692. The van der Waals surface area contributed by atoms with Crippen molar-refractivity contribution >= 4 is 47.8 Å². The third kappa shape index (κ3) is 4.51. The molecule has 1 aliphatic heterocycles. The molecule has 0 saturated carbocycles. The van der Waals surface area contributed by atoms with E-state index < -0.39 is 10.0 Å². The zero-order valence-electron chi connectivity index (χ0n) is 11.3. The van der Waals surface area contributed by atoms with Gasteiger partial charge in [-0.3, -0.25) is 4.79 Å². The Morgan fingerprint density at radius 1 is 1.29 bits per heavy atom. The summed E-state index contributed by atoms with van der Waals surface area (Å²) in [5.41, 5.74) is 0. The molecular formula is C13H16Br2N2O3S. The van der Waals surface area contributed by atoms with E-state index in [-0.39, 0.29) is 10.8 Å². The maximum atomic E-state index is 12.2. The summed E-state index contributed by atoms with van der Waals surface area (Å²) in [6.07, 6.45) is 2.11. The summed E-state index contributed by atoms with van der Waals surface area (Å²) < 4.78 is 28.2. The molecule has 1 heterocycles. The van der Waals surface area contributed by atoms with Crippen molar-refractivity contribution in [1.29, 1.82) is 0 Å². The first-order chi connectivity index (χ1) is 9.90. The molecule has 0 atom stereocenters. The number of rotatable bonds is 6. The van der Waals surface area contributed by atoms with Gasteiger partial charge in [-0.25, -0.2) is 13.1 Å². The normalized spacial score (nSPS) is 15.7. The Bertz CT molecular complexity index is 634. The van der Waals surface area contributed by atoms with Crippen LogP contribution in [0, 0.1) is 0 Å². The number of benzene rings is 1. The number of hydrogen-bond acceptors (Lipinski definition) is 3. The van der Waals surface area contributed by atoms with Gasteiger partial charge in [0.05, 0.1) is 4.90 Å². The second kappa shape index (κ2) is 7.21. The Kier molecular flexibility index (Phi) is 5.81. The number of carbonyl (C=O) groups is 1. The van der Waals surface area contributed by atoms with E-state index in [1.807, 2.05) is 0 Å². The van der Waals surface area contributed by atoms with E-state index in [9.17, 15) is 13.2 Å². The summed E-state index contributed by atoms with van der Waals surface area (Å²) >= 11 is 6.51. The first-order valence-electron chi connectivity index (χ1n) is 6.62. The zero-order valence-corrected chi connectivity index (χ0v) is 15.3. The van der Waals surface area contributed by atoms with Crippen LogP contribution in [0.4, 0.5) is 0 Å². The van der Waals surface area contributed by atoms with Crippen LogP contribution in [0.15, 0.2) is 32.0 Å². The SMILES string of the molecule is O=C1CCCN1CCCNS(=O)(=O)c1cc(Br)ccc1Br. The van der Waals surface area contributed by atoms with Crippen LogP contribution in [0.25, 0.3) is 0 Å². The summed E-state index contributed by atoms with van der Waals surface area (Å²) in [5, 5.41) is 0. The van der Waals surface area contributed by atoms with Crippen molar-refractivity contribution < 1.29 is 13.2 Å². The highest BCUT2D eigenvalue weighted by atomic mass is 79.9. The van der Waals surface area contributed by atoms with Crippen LogP contribution in [-0.2, 0) is 14.8 Å². The van der Waals surface area contributed by atoms with Crippen molar-refractivity contribution in [3.8, 4) is 0 Å². The van der Waals surface area contributed by atoms with Crippen LogP contribution in [0.1, 0.15) is 19.3 Å². The zero-order chi connectivity index (χ0) is 15.5. The summed E-state index contributed by atoms with van der Waals surface area (Å²) in [6, 6.07) is 5.00. The molecule has 0 bridgehead atoms. The minimum Gasteiger partial charge on any atom is -0.343 e. The first-order valence-corrected chi connectivity index (χ1v) is 9.69. The van der Waals surface area contributed by atoms with Gasteiger partial charge in [0.25, 0.3) is 0 Å². The van der Waals surface area contributed by atoms with E-state index in [1.165, 1.54) is 0 Å². The van der Waals surface area contributed by atoms with Crippen LogP contribution in [0.3, 0.4) is 0 Å². The molecule has 2 rings (SSSR count). The highest BCUT2D eigenvalue weighted by Crippen LogP contribution is 2.25. The summed E-state index contributed by atoms with van der Waals surface area (Å²) in [5.74, 6) is 0.160. The number of nitrogens with one attached hydrogen (secondary N) is 1. The molecule has 1 fully saturated rings. The van der Waals surface area contributed by atoms with Crippen LogP contribution >= 0.6 is 31.9 Å². The molecule has 21 heavy (non-hydrogen) atoms. The fourth-order valence-electron chi connectivity index (χ4n) is 2.18. The summed E-state index contributed by atoms with van der Waals surface area (Å²) in [4.78, 5) is 13.4. The number of carbonyl (C=O) groups excluding carboxylic acids is 1. The monoisotopic (exact) mass is 438 g/mol. The molecule has 1 aliphatic rings. The number of sulfonamides is 1. The van der Waals surface area contributed by atoms with Gasteiger partial charge in [0.2, 0.25) is 15.9 Å². The van der Waals surface area contributed by atoms with Gasteiger partial charge in [0.1, 0.15) is 0 Å². The topological polar surface area (TPSA) is 66.5 Å². The largest absolute Gasteiger partial charge is 0.343 e. The summed E-state index contributed by atoms with van der Waals surface area (Å²) in [7, 11) is -3.55. The minimum atomic E-state index is -3.55. The van der Waals surface area contributed by atoms with Crippen molar-refractivity contribution in [1.82, 2.24) is 9.62 Å². The van der Waals surface area contributed by atoms with Gasteiger partial charge in [0, 0.05) is 35.0 Å². The number of halogens is 2. The first kappa shape index (κ1) is 16.9. The van der Waals surface area contributed by atoms with Crippen molar-refractivity contribution in [2.45, 2.75) is 24.2 Å². The highest BCUT2D eigenvalue weighted by Gasteiger charge is 2.20. The lowest BCUT2D eigenvalue weighted by Crippen LogP contribution is -2.30. The Labute approximate surface area is 141 Å². The molecule has 5 nitrogen and oxygen atoms in total. The molecule has 116 valence electrons. The van der Waals surface area contributed by atoms with Gasteiger partial charge in [-0.15, -0.1) is 0 Å². The molecule has 1 N–H and O–H groups in total. The van der Waals surface area contributed by atoms with Gasteiger partial charge in [-0.2, -0.15) is 0 Å². The maximum absolute atomic E-state index is 12.2. The molecule has 1 aromatic carbocycles. The minimum absolute atomic E-state index is 0.160. The Morgan fingerprint density at radius 3 is 2.71 bits per heavy atom. The van der Waals surface area contributed by atoms with Gasteiger partial charge >= 0.3 is 0 Å². The molecule has 1 saturated heterocycles. The molecule has 1 amide bonds. The lowest BCUT2D eigenvalue weighted by Gasteiger charge is -2.15. The molecule has 0 aromatic heterocycles. The van der Waals surface area contributed by atoms with E-state index in [4.69, 9.17) is 0 Å². The molecule has 8 heteroatoms. The molecule has 0 aliphatic carbocycles. The van der Waals surface area contributed by atoms with Gasteiger partial charge in [0.15, 0.2) is 0 Å². The van der Waals surface area contributed by atoms with Crippen LogP contribution in [0.2, 0.25) is 0 Å². The molecule has 1 aromatic rings. The third-order valence-electron chi connectivity index (χ3n) is 3.25. The molecule has 0 unspecified atom stereocenters. The molecule has 0 spiro atoms.